The van der Waals surface area contributed by atoms with Gasteiger partial charge in [-0.05, 0) is 25.2 Å². The summed E-state index contributed by atoms with van der Waals surface area (Å²) in [7, 11) is 0. The quantitative estimate of drug-likeness (QED) is 0.783. The molecule has 2 N–H and O–H groups in total. The van der Waals surface area contributed by atoms with E-state index in [1.54, 1.807) is 4.90 Å². The van der Waals surface area contributed by atoms with E-state index in [0.717, 1.165) is 25.8 Å². The van der Waals surface area contributed by atoms with Crippen LogP contribution >= 0.6 is 0 Å². The zero-order valence-electron chi connectivity index (χ0n) is 12.2. The molecule has 2 heterocycles. The van der Waals surface area contributed by atoms with Crippen molar-refractivity contribution in [3.05, 3.63) is 0 Å². The van der Waals surface area contributed by atoms with Crippen molar-refractivity contribution in [2.24, 2.45) is 5.92 Å². The third-order valence-electron chi connectivity index (χ3n) is 4.14. The summed E-state index contributed by atoms with van der Waals surface area (Å²) >= 11 is 0. The number of hydrogen-bond acceptors (Lipinski definition) is 4. The topological polar surface area (TPSA) is 90.3 Å². The summed E-state index contributed by atoms with van der Waals surface area (Å²) in [5, 5.41) is 17.8. The summed E-state index contributed by atoms with van der Waals surface area (Å²) in [5.41, 5.74) is 0. The van der Waals surface area contributed by atoms with Crippen LogP contribution in [0.15, 0.2) is 0 Å². The van der Waals surface area contributed by atoms with Crippen LogP contribution in [0.4, 0.5) is 4.79 Å². The molecule has 7 heteroatoms. The van der Waals surface area contributed by atoms with Gasteiger partial charge in [0.15, 0.2) is 0 Å². The molecule has 2 fully saturated rings. The second-order valence-corrected chi connectivity index (χ2v) is 5.79. The molecular weight excluding hydrogens is 276 g/mol. The zero-order valence-corrected chi connectivity index (χ0v) is 12.2. The fourth-order valence-corrected chi connectivity index (χ4v) is 3.07. The maximum atomic E-state index is 12.5. The van der Waals surface area contributed by atoms with Gasteiger partial charge in [0.25, 0.3) is 0 Å². The van der Waals surface area contributed by atoms with E-state index in [0.29, 0.717) is 32.2 Å². The molecule has 2 unspecified atom stereocenters. The van der Waals surface area contributed by atoms with Crippen molar-refractivity contribution in [3.8, 4) is 0 Å². The first-order valence-electron chi connectivity index (χ1n) is 7.58. The van der Waals surface area contributed by atoms with E-state index in [9.17, 15) is 9.59 Å². The number of amides is 2. The largest absolute Gasteiger partial charge is 0.481 e. The van der Waals surface area contributed by atoms with Gasteiger partial charge in [0.2, 0.25) is 0 Å². The highest BCUT2D eigenvalue weighted by molar-refractivity contribution is 5.75. The van der Waals surface area contributed by atoms with E-state index in [1.807, 2.05) is 4.90 Å². The Morgan fingerprint density at radius 1 is 1.19 bits per heavy atom. The number of carbonyl (C=O) groups excluding carboxylic acids is 1. The molecule has 2 atom stereocenters. The molecule has 7 nitrogen and oxygen atoms in total. The molecule has 2 aliphatic rings. The highest BCUT2D eigenvalue weighted by Crippen LogP contribution is 2.21. The summed E-state index contributed by atoms with van der Waals surface area (Å²) in [6, 6.07) is -0.0312. The van der Waals surface area contributed by atoms with Crippen LogP contribution in [0.25, 0.3) is 0 Å². The molecule has 2 aliphatic heterocycles. The number of carboxylic acid groups (broad SMARTS) is 1. The second kappa shape index (κ2) is 7.61. The standard InChI is InChI=1S/C14H24N2O5/c17-6-3-11-2-1-4-15(9-11)14(20)16-5-7-21-12(10-16)8-13(18)19/h11-12,17H,1-10H2,(H,18,19). The molecule has 0 aromatic rings. The van der Waals surface area contributed by atoms with Crippen molar-refractivity contribution >= 4 is 12.0 Å². The monoisotopic (exact) mass is 300 g/mol. The fourth-order valence-electron chi connectivity index (χ4n) is 3.07. The molecule has 0 aliphatic carbocycles. The van der Waals surface area contributed by atoms with Crippen LogP contribution in [0.5, 0.6) is 0 Å². The first-order chi connectivity index (χ1) is 10.1. The Labute approximate surface area is 124 Å². The Hall–Kier alpha value is -1.34. The first-order valence-corrected chi connectivity index (χ1v) is 7.58. The Kier molecular flexibility index (Phi) is 5.81. The number of hydrogen-bond donors (Lipinski definition) is 2. The van der Waals surface area contributed by atoms with Crippen LogP contribution in [0.3, 0.4) is 0 Å². The van der Waals surface area contributed by atoms with Crippen LogP contribution in [0.1, 0.15) is 25.7 Å². The highest BCUT2D eigenvalue weighted by atomic mass is 16.5. The molecule has 0 aromatic heterocycles. The molecule has 21 heavy (non-hydrogen) atoms. The molecule has 0 bridgehead atoms. The lowest BCUT2D eigenvalue weighted by molar-refractivity contribution is -0.141. The molecule has 120 valence electrons. The number of carbonyl (C=O) groups is 2. The van der Waals surface area contributed by atoms with Crippen LogP contribution in [-0.4, -0.2) is 77.5 Å². The molecule has 2 rings (SSSR count). The number of ether oxygens (including phenoxy) is 1. The number of carboxylic acids is 1. The average Bonchev–Trinajstić information content (AvgIpc) is 2.47. The van der Waals surface area contributed by atoms with Gasteiger partial charge in [-0.2, -0.15) is 0 Å². The fraction of sp³-hybridized carbons (Fsp3) is 0.857. The van der Waals surface area contributed by atoms with Crippen molar-refractivity contribution < 1.29 is 24.5 Å². The maximum Gasteiger partial charge on any atom is 0.320 e. The number of piperidine rings is 1. The minimum Gasteiger partial charge on any atom is -0.481 e. The van der Waals surface area contributed by atoms with Gasteiger partial charge >= 0.3 is 12.0 Å². The van der Waals surface area contributed by atoms with Gasteiger partial charge in [-0.1, -0.05) is 0 Å². The summed E-state index contributed by atoms with van der Waals surface area (Å²) in [6.45, 7) is 2.81. The Bertz CT molecular complexity index is 374. The van der Waals surface area contributed by atoms with Gasteiger partial charge in [0, 0.05) is 32.8 Å². The molecule has 0 radical (unpaired) electrons. The number of rotatable bonds is 4. The molecule has 0 saturated carbocycles. The third-order valence-corrected chi connectivity index (χ3v) is 4.14. The Morgan fingerprint density at radius 3 is 2.67 bits per heavy atom. The number of likely N-dealkylation sites (tertiary alicyclic amines) is 1. The van der Waals surface area contributed by atoms with Crippen molar-refractivity contribution in [1.82, 2.24) is 9.80 Å². The SMILES string of the molecule is O=C(O)CC1CN(C(=O)N2CCCC(CCO)C2)CCO1. The lowest BCUT2D eigenvalue weighted by atomic mass is 9.95. The van der Waals surface area contributed by atoms with Gasteiger partial charge in [-0.3, -0.25) is 4.79 Å². The van der Waals surface area contributed by atoms with Gasteiger partial charge < -0.3 is 24.7 Å². The van der Waals surface area contributed by atoms with E-state index in [4.69, 9.17) is 14.9 Å². The molecule has 0 spiro atoms. The van der Waals surface area contributed by atoms with Gasteiger partial charge in [0.05, 0.1) is 19.1 Å². The normalized spacial score (nSPS) is 26.7. The first kappa shape index (κ1) is 16.0. The Morgan fingerprint density at radius 2 is 1.95 bits per heavy atom. The lowest BCUT2D eigenvalue weighted by Gasteiger charge is -2.39. The number of aliphatic hydroxyl groups is 1. The second-order valence-electron chi connectivity index (χ2n) is 5.79. The summed E-state index contributed by atoms with van der Waals surface area (Å²) in [6.07, 6.45) is 2.25. The van der Waals surface area contributed by atoms with E-state index >= 15 is 0 Å². The van der Waals surface area contributed by atoms with Crippen LogP contribution < -0.4 is 0 Å². The van der Waals surface area contributed by atoms with Gasteiger partial charge in [-0.15, -0.1) is 0 Å². The van der Waals surface area contributed by atoms with E-state index < -0.39 is 12.1 Å². The van der Waals surface area contributed by atoms with Crippen molar-refractivity contribution in [3.63, 3.8) is 0 Å². The molecule has 0 aromatic carbocycles. The number of aliphatic carboxylic acids is 1. The average molecular weight is 300 g/mol. The molecule has 2 saturated heterocycles. The van der Waals surface area contributed by atoms with Crippen molar-refractivity contribution in [1.29, 1.82) is 0 Å². The number of aliphatic hydroxyl groups excluding tert-OH is 1. The summed E-state index contributed by atoms with van der Waals surface area (Å²) in [4.78, 5) is 26.8. The van der Waals surface area contributed by atoms with Crippen LogP contribution in [-0.2, 0) is 9.53 Å². The number of nitrogens with zero attached hydrogens (tertiary/aromatic N) is 2. The highest BCUT2D eigenvalue weighted by Gasteiger charge is 2.31. The van der Waals surface area contributed by atoms with E-state index in [2.05, 4.69) is 0 Å². The minimum absolute atomic E-state index is 0.0312. The van der Waals surface area contributed by atoms with Gasteiger partial charge in [-0.25, -0.2) is 4.79 Å². The third kappa shape index (κ3) is 4.57. The number of urea groups is 1. The summed E-state index contributed by atoms with van der Waals surface area (Å²) < 4.78 is 5.39. The number of morpholine rings is 1. The van der Waals surface area contributed by atoms with E-state index in [1.165, 1.54) is 0 Å². The van der Waals surface area contributed by atoms with E-state index in [-0.39, 0.29) is 19.1 Å². The predicted molar refractivity (Wildman–Crippen MR) is 75.0 cm³/mol. The predicted octanol–water partition coefficient (Wildman–Crippen LogP) is 0.376. The van der Waals surface area contributed by atoms with Crippen molar-refractivity contribution in [2.75, 3.05) is 39.4 Å². The van der Waals surface area contributed by atoms with Crippen LogP contribution in [0, 0.1) is 5.92 Å². The van der Waals surface area contributed by atoms with Crippen molar-refractivity contribution in [2.45, 2.75) is 31.8 Å². The minimum atomic E-state index is -0.907. The Balaban J connectivity index is 1.88. The zero-order chi connectivity index (χ0) is 15.2. The van der Waals surface area contributed by atoms with Crippen LogP contribution in [0.2, 0.25) is 0 Å². The van der Waals surface area contributed by atoms with Gasteiger partial charge in [0.1, 0.15) is 0 Å². The molecule has 2 amide bonds. The maximum absolute atomic E-state index is 12.5. The molecular formula is C14H24N2O5. The smallest absolute Gasteiger partial charge is 0.320 e. The lowest BCUT2D eigenvalue weighted by Crippen LogP contribution is -2.53. The summed E-state index contributed by atoms with van der Waals surface area (Å²) in [5.74, 6) is -0.543.